The minimum atomic E-state index is 0.276. The molecule has 1 unspecified atom stereocenters. The van der Waals surface area contributed by atoms with Crippen molar-refractivity contribution < 1.29 is 4.79 Å². The van der Waals surface area contributed by atoms with Gasteiger partial charge in [-0.25, -0.2) is 0 Å². The monoisotopic (exact) mass is 220 g/mol. The second-order valence-electron chi connectivity index (χ2n) is 4.78. The summed E-state index contributed by atoms with van der Waals surface area (Å²) in [6.45, 7) is 1.64. The first-order chi connectivity index (χ1) is 7.83. The van der Waals surface area contributed by atoms with Crippen LogP contribution in [0.2, 0.25) is 0 Å². The molecule has 1 aromatic rings. The van der Waals surface area contributed by atoms with E-state index in [9.17, 15) is 4.79 Å². The minimum absolute atomic E-state index is 0.276. The molecule has 3 rings (SSSR count). The molecule has 1 saturated carbocycles. The fourth-order valence-corrected chi connectivity index (χ4v) is 2.27. The Morgan fingerprint density at radius 2 is 2.00 bits per heavy atom. The summed E-state index contributed by atoms with van der Waals surface area (Å²) < 4.78 is 0. The van der Waals surface area contributed by atoms with Gasteiger partial charge in [0, 0.05) is 19.5 Å². The number of likely N-dealkylation sites (tertiary alicyclic amines) is 1. The van der Waals surface area contributed by atoms with Crippen LogP contribution in [0.25, 0.3) is 0 Å². The van der Waals surface area contributed by atoms with E-state index in [0.29, 0.717) is 11.8 Å². The van der Waals surface area contributed by atoms with Crippen LogP contribution in [-0.4, -0.2) is 38.9 Å². The Hall–Kier alpha value is -1.39. The lowest BCUT2D eigenvalue weighted by molar-refractivity contribution is -0.130. The van der Waals surface area contributed by atoms with Crippen molar-refractivity contribution in [2.45, 2.75) is 31.7 Å². The maximum absolute atomic E-state index is 11.9. The van der Waals surface area contributed by atoms with E-state index < -0.39 is 0 Å². The van der Waals surface area contributed by atoms with Crippen molar-refractivity contribution in [3.8, 4) is 0 Å². The molecule has 1 aliphatic heterocycles. The van der Waals surface area contributed by atoms with Crippen molar-refractivity contribution in [1.82, 2.24) is 19.9 Å². The highest BCUT2D eigenvalue weighted by Gasteiger charge is 2.32. The minimum Gasteiger partial charge on any atom is -0.340 e. The van der Waals surface area contributed by atoms with Gasteiger partial charge in [-0.15, -0.1) is 0 Å². The molecule has 1 saturated heterocycles. The van der Waals surface area contributed by atoms with Crippen molar-refractivity contribution in [2.75, 3.05) is 13.1 Å². The van der Waals surface area contributed by atoms with E-state index in [2.05, 4.69) is 10.2 Å². The van der Waals surface area contributed by atoms with Crippen LogP contribution < -0.4 is 0 Å². The van der Waals surface area contributed by atoms with E-state index in [0.717, 1.165) is 25.9 Å². The van der Waals surface area contributed by atoms with E-state index in [1.165, 1.54) is 12.8 Å². The highest BCUT2D eigenvalue weighted by atomic mass is 16.2. The number of carbonyl (C=O) groups is 1. The summed E-state index contributed by atoms with van der Waals surface area (Å²) in [5, 5.41) is 8.27. The predicted molar refractivity (Wildman–Crippen MR) is 57.6 cm³/mol. The largest absolute Gasteiger partial charge is 0.340 e. The van der Waals surface area contributed by atoms with Crippen LogP contribution in [0.5, 0.6) is 0 Å². The van der Waals surface area contributed by atoms with Crippen molar-refractivity contribution in [1.29, 1.82) is 0 Å². The normalized spacial score (nSPS) is 25.0. The molecule has 16 heavy (non-hydrogen) atoms. The summed E-state index contributed by atoms with van der Waals surface area (Å²) in [6, 6.07) is 0.276. The fraction of sp³-hybridized carbons (Fsp3) is 0.727. The third-order valence-electron chi connectivity index (χ3n) is 3.44. The smallest absolute Gasteiger partial charge is 0.222 e. The molecule has 0 bridgehead atoms. The van der Waals surface area contributed by atoms with Gasteiger partial charge < -0.3 is 4.90 Å². The number of hydrogen-bond acceptors (Lipinski definition) is 3. The Labute approximate surface area is 94.4 Å². The Morgan fingerprint density at radius 3 is 2.69 bits per heavy atom. The molecule has 1 amide bonds. The standard InChI is InChI=1S/C11H16N4O/c16-11(7-9-1-2-9)14-6-3-10(8-14)15-12-4-5-13-15/h4-5,9-10H,1-3,6-8H2. The fourth-order valence-electron chi connectivity index (χ4n) is 2.27. The molecule has 5 heteroatoms. The third-order valence-corrected chi connectivity index (χ3v) is 3.44. The van der Waals surface area contributed by atoms with E-state index in [-0.39, 0.29) is 6.04 Å². The van der Waals surface area contributed by atoms with Crippen molar-refractivity contribution in [3.05, 3.63) is 12.4 Å². The lowest BCUT2D eigenvalue weighted by Crippen LogP contribution is -2.29. The van der Waals surface area contributed by atoms with Crippen molar-refractivity contribution in [3.63, 3.8) is 0 Å². The third kappa shape index (κ3) is 1.94. The van der Waals surface area contributed by atoms with Crippen molar-refractivity contribution in [2.24, 2.45) is 5.92 Å². The number of rotatable bonds is 3. The highest BCUT2D eigenvalue weighted by molar-refractivity contribution is 5.77. The zero-order valence-electron chi connectivity index (χ0n) is 9.25. The van der Waals surface area contributed by atoms with E-state index in [1.54, 1.807) is 17.2 Å². The number of amides is 1. The van der Waals surface area contributed by atoms with Gasteiger partial charge in [0.1, 0.15) is 0 Å². The molecule has 0 radical (unpaired) electrons. The van der Waals surface area contributed by atoms with Gasteiger partial charge in [0.15, 0.2) is 0 Å². The summed E-state index contributed by atoms with van der Waals surface area (Å²) in [5.41, 5.74) is 0. The molecular weight excluding hydrogens is 204 g/mol. The summed E-state index contributed by atoms with van der Waals surface area (Å²) >= 11 is 0. The van der Waals surface area contributed by atoms with Crippen LogP contribution >= 0.6 is 0 Å². The molecule has 1 aromatic heterocycles. The van der Waals surface area contributed by atoms with Crippen LogP contribution in [-0.2, 0) is 4.79 Å². The van der Waals surface area contributed by atoms with Crippen LogP contribution in [0.15, 0.2) is 12.4 Å². The zero-order chi connectivity index (χ0) is 11.0. The van der Waals surface area contributed by atoms with E-state index in [1.807, 2.05) is 4.90 Å². The van der Waals surface area contributed by atoms with Gasteiger partial charge in [-0.1, -0.05) is 0 Å². The van der Waals surface area contributed by atoms with Crippen LogP contribution in [0, 0.1) is 5.92 Å². The second kappa shape index (κ2) is 3.88. The van der Waals surface area contributed by atoms with Gasteiger partial charge in [-0.05, 0) is 25.2 Å². The second-order valence-corrected chi connectivity index (χ2v) is 4.78. The van der Waals surface area contributed by atoms with Gasteiger partial charge in [-0.3, -0.25) is 4.79 Å². The van der Waals surface area contributed by atoms with Crippen LogP contribution in [0.3, 0.4) is 0 Å². The Bertz CT molecular complexity index is 371. The Balaban J connectivity index is 1.57. The first-order valence-corrected chi connectivity index (χ1v) is 5.96. The average Bonchev–Trinajstić information content (AvgIpc) is 2.84. The van der Waals surface area contributed by atoms with Gasteiger partial charge in [0.05, 0.1) is 18.4 Å². The summed E-state index contributed by atoms with van der Waals surface area (Å²) in [5.74, 6) is 0.992. The first-order valence-electron chi connectivity index (χ1n) is 5.96. The van der Waals surface area contributed by atoms with Gasteiger partial charge in [-0.2, -0.15) is 15.0 Å². The number of carbonyl (C=O) groups excluding carboxylic acids is 1. The first kappa shape index (κ1) is 9.81. The number of aromatic nitrogens is 3. The molecule has 0 aromatic carbocycles. The summed E-state index contributed by atoms with van der Waals surface area (Å²) in [4.78, 5) is 15.6. The van der Waals surface area contributed by atoms with E-state index in [4.69, 9.17) is 0 Å². The maximum atomic E-state index is 11.9. The zero-order valence-corrected chi connectivity index (χ0v) is 9.25. The SMILES string of the molecule is O=C(CC1CC1)N1CCC(n2nccn2)C1. The summed E-state index contributed by atoms with van der Waals surface area (Å²) in [6.07, 6.45) is 7.58. The molecule has 2 aliphatic rings. The lowest BCUT2D eigenvalue weighted by Gasteiger charge is -2.15. The molecule has 5 nitrogen and oxygen atoms in total. The van der Waals surface area contributed by atoms with Gasteiger partial charge >= 0.3 is 0 Å². The quantitative estimate of drug-likeness (QED) is 0.759. The Kier molecular flexibility index (Phi) is 2.38. The highest BCUT2D eigenvalue weighted by Crippen LogP contribution is 2.33. The summed E-state index contributed by atoms with van der Waals surface area (Å²) in [7, 11) is 0. The van der Waals surface area contributed by atoms with Crippen LogP contribution in [0.1, 0.15) is 31.7 Å². The van der Waals surface area contributed by atoms with Gasteiger partial charge in [0.25, 0.3) is 0 Å². The molecule has 0 spiro atoms. The lowest BCUT2D eigenvalue weighted by atomic mass is 10.2. The molecule has 2 heterocycles. The van der Waals surface area contributed by atoms with Crippen molar-refractivity contribution >= 4 is 5.91 Å². The molecule has 1 aliphatic carbocycles. The Morgan fingerprint density at radius 1 is 1.25 bits per heavy atom. The van der Waals surface area contributed by atoms with Crippen LogP contribution in [0.4, 0.5) is 0 Å². The molecule has 2 fully saturated rings. The molecule has 1 atom stereocenters. The number of nitrogens with zero attached hydrogens (tertiary/aromatic N) is 4. The molecule has 86 valence electrons. The van der Waals surface area contributed by atoms with Gasteiger partial charge in [0.2, 0.25) is 5.91 Å². The topological polar surface area (TPSA) is 51.0 Å². The number of hydrogen-bond donors (Lipinski definition) is 0. The average molecular weight is 220 g/mol. The molecular formula is C11H16N4O. The molecule has 0 N–H and O–H groups in total. The van der Waals surface area contributed by atoms with E-state index >= 15 is 0 Å². The predicted octanol–water partition coefficient (Wildman–Crippen LogP) is 0.852. The maximum Gasteiger partial charge on any atom is 0.222 e.